The molecule has 27 heavy (non-hydrogen) atoms. The molecule has 1 amide bonds. The van der Waals surface area contributed by atoms with Gasteiger partial charge in [-0.25, -0.2) is 0 Å². The number of hydrogen-bond donors (Lipinski definition) is 1. The number of nitro benzene ring substituents is 1. The zero-order valence-electron chi connectivity index (χ0n) is 14.1. The Morgan fingerprint density at radius 3 is 2.15 bits per heavy atom. The van der Waals surface area contributed by atoms with Crippen molar-refractivity contribution in [1.82, 2.24) is 10.2 Å². The molecular formula is C18H16F3N3O3. The molecule has 0 unspecified atom stereocenters. The summed E-state index contributed by atoms with van der Waals surface area (Å²) >= 11 is 0. The lowest BCUT2D eigenvalue weighted by molar-refractivity contribution is -0.384. The number of hydrogen-bond acceptors (Lipinski definition) is 4. The summed E-state index contributed by atoms with van der Waals surface area (Å²) < 4.78 is 36.7. The lowest BCUT2D eigenvalue weighted by Crippen LogP contribution is -2.37. The third-order valence-corrected chi connectivity index (χ3v) is 4.40. The highest BCUT2D eigenvalue weighted by atomic mass is 19.4. The van der Waals surface area contributed by atoms with Gasteiger partial charge in [0.2, 0.25) is 0 Å². The number of fused-ring (bicyclic) bond motifs is 2. The van der Waals surface area contributed by atoms with Crippen LogP contribution in [0.5, 0.6) is 0 Å². The maximum atomic E-state index is 12.2. The second-order valence-corrected chi connectivity index (χ2v) is 6.24. The number of nitro groups is 1. The molecule has 2 aliphatic rings. The number of nitrogens with zero attached hydrogens (tertiary/aromatic N) is 2. The minimum Gasteiger partial charge on any atom is -0.326 e. The van der Waals surface area contributed by atoms with Crippen LogP contribution in [0.1, 0.15) is 22.3 Å². The Balaban J connectivity index is 0.000000193. The number of carbonyl (C=O) groups excluding carboxylic acids is 1. The van der Waals surface area contributed by atoms with Crippen molar-refractivity contribution in [2.24, 2.45) is 0 Å². The summed E-state index contributed by atoms with van der Waals surface area (Å²) in [4.78, 5) is 21.5. The number of rotatable bonds is 1. The monoisotopic (exact) mass is 379 g/mol. The topological polar surface area (TPSA) is 75.5 Å². The molecular weight excluding hydrogens is 363 g/mol. The lowest BCUT2D eigenvalue weighted by Gasteiger charge is -2.16. The highest BCUT2D eigenvalue weighted by Gasteiger charge is 2.44. The average Bonchev–Trinajstić information content (AvgIpc) is 3.26. The first-order valence-corrected chi connectivity index (χ1v) is 8.15. The molecule has 9 heteroatoms. The first kappa shape index (κ1) is 18.8. The first-order chi connectivity index (χ1) is 12.8. The molecule has 0 aliphatic carbocycles. The largest absolute Gasteiger partial charge is 0.471 e. The average molecular weight is 379 g/mol. The molecule has 0 bridgehead atoms. The second-order valence-electron chi connectivity index (χ2n) is 6.24. The van der Waals surface area contributed by atoms with E-state index < -0.39 is 17.0 Å². The minimum atomic E-state index is -4.92. The van der Waals surface area contributed by atoms with Crippen LogP contribution in [0, 0.1) is 10.1 Å². The van der Waals surface area contributed by atoms with Crippen molar-refractivity contribution in [2.45, 2.75) is 32.4 Å². The molecule has 1 N–H and O–H groups in total. The van der Waals surface area contributed by atoms with E-state index in [1.54, 1.807) is 0 Å². The summed E-state index contributed by atoms with van der Waals surface area (Å²) in [5.74, 6) is -1.93. The molecule has 6 nitrogen and oxygen atoms in total. The van der Waals surface area contributed by atoms with Crippen LogP contribution in [0.15, 0.2) is 42.5 Å². The van der Waals surface area contributed by atoms with Gasteiger partial charge >= 0.3 is 12.1 Å². The summed E-state index contributed by atoms with van der Waals surface area (Å²) in [6.07, 6.45) is -4.92. The molecule has 0 saturated carbocycles. The Bertz CT molecular complexity index is 861. The van der Waals surface area contributed by atoms with Gasteiger partial charge in [0, 0.05) is 38.3 Å². The highest BCUT2D eigenvalue weighted by Crippen LogP contribution is 2.30. The van der Waals surface area contributed by atoms with E-state index in [9.17, 15) is 28.1 Å². The van der Waals surface area contributed by atoms with Gasteiger partial charge in [-0.1, -0.05) is 30.3 Å². The fraction of sp³-hybridized carbons (Fsp3) is 0.278. The predicted molar refractivity (Wildman–Crippen MR) is 90.4 cm³/mol. The van der Waals surface area contributed by atoms with Gasteiger partial charge in [-0.15, -0.1) is 0 Å². The zero-order valence-corrected chi connectivity index (χ0v) is 14.1. The van der Waals surface area contributed by atoms with Gasteiger partial charge in [-0.2, -0.15) is 13.2 Å². The Kier molecular flexibility index (Phi) is 5.13. The normalized spacial score (nSPS) is 14.9. The highest BCUT2D eigenvalue weighted by molar-refractivity contribution is 5.82. The third kappa shape index (κ3) is 4.25. The van der Waals surface area contributed by atoms with Crippen molar-refractivity contribution in [3.63, 3.8) is 0 Å². The lowest BCUT2D eigenvalue weighted by atomic mass is 10.1. The van der Waals surface area contributed by atoms with Crippen LogP contribution in [-0.2, 0) is 31.0 Å². The molecule has 0 aromatic heterocycles. The van der Waals surface area contributed by atoms with Gasteiger partial charge in [0.05, 0.1) is 4.92 Å². The smallest absolute Gasteiger partial charge is 0.326 e. The van der Waals surface area contributed by atoms with Crippen molar-refractivity contribution in [1.29, 1.82) is 0 Å². The van der Waals surface area contributed by atoms with Crippen LogP contribution in [0.4, 0.5) is 18.9 Å². The number of non-ortho nitro benzene ring substituents is 1. The molecule has 2 aromatic carbocycles. The molecule has 142 valence electrons. The van der Waals surface area contributed by atoms with Gasteiger partial charge in [-0.05, 0) is 22.3 Å². The maximum Gasteiger partial charge on any atom is 0.471 e. The number of nitrogens with one attached hydrogen (secondary N) is 1. The molecule has 2 aliphatic heterocycles. The molecule has 0 fully saturated rings. The summed E-state index contributed by atoms with van der Waals surface area (Å²) in [6, 6.07) is 12.3. The van der Waals surface area contributed by atoms with Gasteiger partial charge < -0.3 is 10.2 Å². The van der Waals surface area contributed by atoms with Crippen LogP contribution < -0.4 is 5.32 Å². The standard InChI is InChI=1S/C10H7F3N2O3.C8H9N/c11-10(12,13)9(16)14-4-6-1-2-8(15(17)18)3-7(6)5-14;1-2-4-8-6-9-5-7(8)3-1/h1-3H,4-5H2;1-4,9H,5-6H2. The van der Waals surface area contributed by atoms with Gasteiger partial charge in [0.25, 0.3) is 5.69 Å². The SMILES string of the molecule is O=C(N1Cc2ccc([N+](=O)[O-])cc2C1)C(F)(F)F.c1ccc2c(c1)CNC2. The van der Waals surface area contributed by atoms with Crippen molar-refractivity contribution in [3.8, 4) is 0 Å². The number of benzene rings is 2. The third-order valence-electron chi connectivity index (χ3n) is 4.40. The summed E-state index contributed by atoms with van der Waals surface area (Å²) in [6.45, 7) is 1.67. The minimum absolute atomic E-state index is 0.175. The fourth-order valence-electron chi connectivity index (χ4n) is 3.05. The van der Waals surface area contributed by atoms with Gasteiger partial charge in [0.15, 0.2) is 0 Å². The van der Waals surface area contributed by atoms with Gasteiger partial charge in [-0.3, -0.25) is 14.9 Å². The predicted octanol–water partition coefficient (Wildman–Crippen LogP) is 3.29. The van der Waals surface area contributed by atoms with E-state index in [-0.39, 0.29) is 18.8 Å². The summed E-state index contributed by atoms with van der Waals surface area (Å²) in [5, 5.41) is 13.8. The molecule has 0 radical (unpaired) electrons. The number of alkyl halides is 3. The number of carbonyl (C=O) groups is 1. The van der Waals surface area contributed by atoms with E-state index in [0.717, 1.165) is 13.1 Å². The molecule has 0 spiro atoms. The Labute approximate surface area is 152 Å². The second kappa shape index (κ2) is 7.36. The van der Waals surface area contributed by atoms with Crippen LogP contribution >= 0.6 is 0 Å². The molecule has 0 saturated heterocycles. The van der Waals surface area contributed by atoms with Crippen LogP contribution in [0.3, 0.4) is 0 Å². The van der Waals surface area contributed by atoms with Crippen molar-refractivity contribution in [3.05, 3.63) is 74.8 Å². The van der Waals surface area contributed by atoms with Crippen LogP contribution in [-0.4, -0.2) is 21.9 Å². The Morgan fingerprint density at radius 1 is 1.00 bits per heavy atom. The maximum absolute atomic E-state index is 12.2. The molecule has 0 atom stereocenters. The van der Waals surface area contributed by atoms with Crippen molar-refractivity contribution >= 4 is 11.6 Å². The van der Waals surface area contributed by atoms with E-state index in [2.05, 4.69) is 29.6 Å². The zero-order chi connectivity index (χ0) is 19.6. The van der Waals surface area contributed by atoms with Crippen LogP contribution in [0.25, 0.3) is 0 Å². The molecule has 2 heterocycles. The first-order valence-electron chi connectivity index (χ1n) is 8.15. The van der Waals surface area contributed by atoms with E-state index in [0.29, 0.717) is 16.0 Å². The summed E-state index contributed by atoms with van der Waals surface area (Å²) in [7, 11) is 0. The van der Waals surface area contributed by atoms with Gasteiger partial charge in [0.1, 0.15) is 0 Å². The fourth-order valence-corrected chi connectivity index (χ4v) is 3.05. The summed E-state index contributed by atoms with van der Waals surface area (Å²) in [5.41, 5.74) is 3.59. The molecule has 2 aromatic rings. The quantitative estimate of drug-likeness (QED) is 0.609. The molecule has 4 rings (SSSR count). The van der Waals surface area contributed by atoms with Crippen molar-refractivity contribution < 1.29 is 22.9 Å². The van der Waals surface area contributed by atoms with E-state index in [1.165, 1.54) is 29.3 Å². The Hall–Kier alpha value is -2.94. The number of halogens is 3. The van der Waals surface area contributed by atoms with E-state index in [1.807, 2.05) is 0 Å². The van der Waals surface area contributed by atoms with Crippen LogP contribution in [0.2, 0.25) is 0 Å². The van der Waals surface area contributed by atoms with E-state index in [4.69, 9.17) is 0 Å². The van der Waals surface area contributed by atoms with E-state index >= 15 is 0 Å². The van der Waals surface area contributed by atoms with Crippen molar-refractivity contribution in [2.75, 3.05) is 0 Å². The number of amides is 1. The Morgan fingerprint density at radius 2 is 1.59 bits per heavy atom.